The zero-order chi connectivity index (χ0) is 10.6. The predicted octanol–water partition coefficient (Wildman–Crippen LogP) is 0.934. The van der Waals surface area contributed by atoms with Crippen molar-refractivity contribution in [2.24, 2.45) is 5.92 Å². The number of carboxylic acids is 1. The van der Waals surface area contributed by atoms with Crippen LogP contribution in [0.1, 0.15) is 25.7 Å². The van der Waals surface area contributed by atoms with Crippen molar-refractivity contribution in [1.29, 1.82) is 0 Å². The molecule has 1 fully saturated rings. The van der Waals surface area contributed by atoms with Gasteiger partial charge in [0.1, 0.15) is 0 Å². The number of hydrogen-bond acceptors (Lipinski definition) is 2. The molecule has 78 valence electrons. The molecule has 0 saturated heterocycles. The van der Waals surface area contributed by atoms with Crippen molar-refractivity contribution in [2.45, 2.75) is 25.7 Å². The number of hydrogen-bond donors (Lipinski definition) is 2. The first-order chi connectivity index (χ1) is 6.63. The fourth-order valence-corrected chi connectivity index (χ4v) is 1.77. The third-order valence-corrected chi connectivity index (χ3v) is 2.57. The first kappa shape index (κ1) is 10.8. The van der Waals surface area contributed by atoms with Gasteiger partial charge in [0, 0.05) is 19.0 Å². The standard InChI is InChI=1S/C10H15NO3/c1-11-10(14)8-4-2-7(3-5-8)6-9(12)13/h6,8H,2-5H2,1H3,(H,11,14)(H,12,13). The van der Waals surface area contributed by atoms with E-state index in [0.29, 0.717) is 0 Å². The Labute approximate surface area is 83.0 Å². The van der Waals surface area contributed by atoms with Crippen LogP contribution >= 0.6 is 0 Å². The fourth-order valence-electron chi connectivity index (χ4n) is 1.77. The molecule has 4 nitrogen and oxygen atoms in total. The van der Waals surface area contributed by atoms with E-state index in [1.807, 2.05) is 0 Å². The minimum absolute atomic E-state index is 0.0611. The molecule has 0 radical (unpaired) electrons. The molecule has 0 aromatic heterocycles. The molecule has 0 unspecified atom stereocenters. The van der Waals surface area contributed by atoms with Crippen LogP contribution in [0.15, 0.2) is 11.6 Å². The first-order valence-electron chi connectivity index (χ1n) is 4.77. The van der Waals surface area contributed by atoms with Crippen LogP contribution in [-0.4, -0.2) is 24.0 Å². The van der Waals surface area contributed by atoms with E-state index in [4.69, 9.17) is 5.11 Å². The van der Waals surface area contributed by atoms with Crippen LogP contribution in [0.3, 0.4) is 0 Å². The van der Waals surface area contributed by atoms with E-state index in [1.54, 1.807) is 7.05 Å². The topological polar surface area (TPSA) is 66.4 Å². The third-order valence-electron chi connectivity index (χ3n) is 2.57. The fraction of sp³-hybridized carbons (Fsp3) is 0.600. The van der Waals surface area contributed by atoms with Gasteiger partial charge in [-0.3, -0.25) is 4.79 Å². The summed E-state index contributed by atoms with van der Waals surface area (Å²) in [6, 6.07) is 0. The van der Waals surface area contributed by atoms with Gasteiger partial charge in [0.25, 0.3) is 0 Å². The number of rotatable bonds is 2. The van der Waals surface area contributed by atoms with Gasteiger partial charge in [-0.2, -0.15) is 0 Å². The monoisotopic (exact) mass is 197 g/mol. The minimum Gasteiger partial charge on any atom is -0.478 e. The van der Waals surface area contributed by atoms with Crippen molar-refractivity contribution < 1.29 is 14.7 Å². The maximum Gasteiger partial charge on any atom is 0.328 e. The van der Waals surface area contributed by atoms with Crippen LogP contribution in [0.2, 0.25) is 0 Å². The summed E-state index contributed by atoms with van der Waals surface area (Å²) in [6.45, 7) is 0. The molecule has 4 heteroatoms. The Kier molecular flexibility index (Phi) is 3.68. The Morgan fingerprint density at radius 2 is 2.00 bits per heavy atom. The summed E-state index contributed by atoms with van der Waals surface area (Å²) < 4.78 is 0. The smallest absolute Gasteiger partial charge is 0.328 e. The first-order valence-corrected chi connectivity index (χ1v) is 4.77. The molecule has 0 atom stereocenters. The van der Waals surface area contributed by atoms with Gasteiger partial charge in [0.05, 0.1) is 0 Å². The normalized spacial score (nSPS) is 21.5. The lowest BCUT2D eigenvalue weighted by atomic mass is 9.85. The van der Waals surface area contributed by atoms with Gasteiger partial charge < -0.3 is 10.4 Å². The van der Waals surface area contributed by atoms with Crippen molar-refractivity contribution >= 4 is 11.9 Å². The summed E-state index contributed by atoms with van der Waals surface area (Å²) in [5.41, 5.74) is 0.942. The second-order valence-electron chi connectivity index (χ2n) is 3.53. The molecule has 0 aromatic carbocycles. The second-order valence-corrected chi connectivity index (χ2v) is 3.53. The Morgan fingerprint density at radius 3 is 2.43 bits per heavy atom. The van der Waals surface area contributed by atoms with Crippen molar-refractivity contribution in [3.8, 4) is 0 Å². The van der Waals surface area contributed by atoms with E-state index in [1.165, 1.54) is 6.08 Å². The molecular formula is C10H15NO3. The Balaban J connectivity index is 2.46. The van der Waals surface area contributed by atoms with E-state index in [9.17, 15) is 9.59 Å². The molecule has 0 aliphatic heterocycles. The third kappa shape index (κ3) is 2.87. The summed E-state index contributed by atoms with van der Waals surface area (Å²) in [5, 5.41) is 11.1. The number of allylic oxidation sites excluding steroid dienone is 1. The van der Waals surface area contributed by atoms with Gasteiger partial charge in [-0.05, 0) is 25.7 Å². The number of carbonyl (C=O) groups is 2. The molecule has 0 bridgehead atoms. The van der Waals surface area contributed by atoms with Crippen LogP contribution in [0.5, 0.6) is 0 Å². The average molecular weight is 197 g/mol. The minimum atomic E-state index is -0.890. The molecule has 1 aliphatic rings. The van der Waals surface area contributed by atoms with E-state index in [0.717, 1.165) is 31.3 Å². The molecule has 1 amide bonds. The summed E-state index contributed by atoms with van der Waals surface area (Å²) in [6.07, 6.45) is 4.24. The maximum atomic E-state index is 11.2. The van der Waals surface area contributed by atoms with E-state index < -0.39 is 5.97 Å². The lowest BCUT2D eigenvalue weighted by molar-refractivity contribution is -0.131. The van der Waals surface area contributed by atoms with E-state index >= 15 is 0 Å². The van der Waals surface area contributed by atoms with Crippen LogP contribution in [-0.2, 0) is 9.59 Å². The second kappa shape index (κ2) is 4.79. The lowest BCUT2D eigenvalue weighted by Gasteiger charge is -2.21. The van der Waals surface area contributed by atoms with Gasteiger partial charge in [-0.25, -0.2) is 4.79 Å². The average Bonchev–Trinajstić information content (AvgIpc) is 2.17. The highest BCUT2D eigenvalue weighted by atomic mass is 16.4. The summed E-state index contributed by atoms with van der Waals surface area (Å²) >= 11 is 0. The Bertz CT molecular complexity index is 261. The predicted molar refractivity (Wildman–Crippen MR) is 51.7 cm³/mol. The molecule has 14 heavy (non-hydrogen) atoms. The molecule has 1 aliphatic carbocycles. The Hall–Kier alpha value is -1.32. The summed E-state index contributed by atoms with van der Waals surface area (Å²) in [4.78, 5) is 21.6. The van der Waals surface area contributed by atoms with Gasteiger partial charge in [-0.15, -0.1) is 0 Å². The summed E-state index contributed by atoms with van der Waals surface area (Å²) in [7, 11) is 1.63. The van der Waals surface area contributed by atoms with E-state index in [2.05, 4.69) is 5.32 Å². The number of amides is 1. The molecule has 1 rings (SSSR count). The van der Waals surface area contributed by atoms with Crippen molar-refractivity contribution in [2.75, 3.05) is 7.05 Å². The van der Waals surface area contributed by atoms with Crippen LogP contribution < -0.4 is 5.32 Å². The maximum absolute atomic E-state index is 11.2. The van der Waals surface area contributed by atoms with Gasteiger partial charge >= 0.3 is 5.97 Å². The number of aliphatic carboxylic acids is 1. The molecular weight excluding hydrogens is 182 g/mol. The van der Waals surface area contributed by atoms with Crippen LogP contribution in [0.25, 0.3) is 0 Å². The van der Waals surface area contributed by atoms with Crippen LogP contribution in [0, 0.1) is 5.92 Å². The zero-order valence-electron chi connectivity index (χ0n) is 8.25. The van der Waals surface area contributed by atoms with Crippen molar-refractivity contribution in [3.63, 3.8) is 0 Å². The molecule has 0 aromatic rings. The Morgan fingerprint density at radius 1 is 1.43 bits per heavy atom. The largest absolute Gasteiger partial charge is 0.478 e. The van der Waals surface area contributed by atoms with Gasteiger partial charge in [-0.1, -0.05) is 5.57 Å². The quantitative estimate of drug-likeness (QED) is 0.647. The van der Waals surface area contributed by atoms with Crippen molar-refractivity contribution in [1.82, 2.24) is 5.32 Å². The number of nitrogens with one attached hydrogen (secondary N) is 1. The van der Waals surface area contributed by atoms with Gasteiger partial charge in [0.15, 0.2) is 0 Å². The molecule has 0 heterocycles. The zero-order valence-corrected chi connectivity index (χ0v) is 8.25. The van der Waals surface area contributed by atoms with E-state index in [-0.39, 0.29) is 11.8 Å². The number of carbonyl (C=O) groups excluding carboxylic acids is 1. The molecule has 2 N–H and O–H groups in total. The highest BCUT2D eigenvalue weighted by Gasteiger charge is 2.22. The SMILES string of the molecule is CNC(=O)C1CCC(=CC(=O)O)CC1. The van der Waals surface area contributed by atoms with Gasteiger partial charge in [0.2, 0.25) is 5.91 Å². The molecule has 0 spiro atoms. The number of carboxylic acid groups (broad SMARTS) is 1. The molecule has 1 saturated carbocycles. The highest BCUT2D eigenvalue weighted by molar-refractivity contribution is 5.81. The van der Waals surface area contributed by atoms with Crippen molar-refractivity contribution in [3.05, 3.63) is 11.6 Å². The highest BCUT2D eigenvalue weighted by Crippen LogP contribution is 2.27. The summed E-state index contributed by atoms with van der Waals surface area (Å²) in [5.74, 6) is -0.760. The lowest BCUT2D eigenvalue weighted by Crippen LogP contribution is -2.29. The van der Waals surface area contributed by atoms with Crippen LogP contribution in [0.4, 0.5) is 0 Å².